The van der Waals surface area contributed by atoms with Crippen LogP contribution in [0.25, 0.3) is 0 Å². The maximum Gasteiger partial charge on any atom is 0.243 e. The van der Waals surface area contributed by atoms with E-state index in [0.717, 1.165) is 5.75 Å². The van der Waals surface area contributed by atoms with Crippen LogP contribution in [0.1, 0.15) is 6.92 Å². The Balaban J connectivity index is 2.26. The van der Waals surface area contributed by atoms with Crippen molar-refractivity contribution in [2.24, 2.45) is 0 Å². The van der Waals surface area contributed by atoms with E-state index in [9.17, 15) is 8.42 Å². The summed E-state index contributed by atoms with van der Waals surface area (Å²) in [6.45, 7) is 3.22. The molecule has 1 aliphatic heterocycles. The third-order valence-corrected chi connectivity index (χ3v) is 5.74. The van der Waals surface area contributed by atoms with Gasteiger partial charge in [-0.25, -0.2) is 8.42 Å². The van der Waals surface area contributed by atoms with E-state index < -0.39 is 10.0 Å². The lowest BCUT2D eigenvalue weighted by Crippen LogP contribution is -2.40. The molecule has 2 rings (SSSR count). The van der Waals surface area contributed by atoms with Crippen LogP contribution in [0.15, 0.2) is 29.2 Å². The smallest absolute Gasteiger partial charge is 0.243 e. The number of nitrogens with two attached hydrogens (primary N) is 1. The first-order valence-corrected chi connectivity index (χ1v) is 7.96. The van der Waals surface area contributed by atoms with E-state index in [1.165, 1.54) is 0 Å². The second kappa shape index (κ2) is 4.88. The number of benzene rings is 1. The standard InChI is InChI=1S/C11H16N2O2S2/c1-9-8-13(6-7-16-9)17(14,15)11-4-2-10(12)3-5-11/h2-5,9H,6-8,12H2,1H3. The molecule has 4 nitrogen and oxygen atoms in total. The van der Waals surface area contributed by atoms with Crippen molar-refractivity contribution in [3.63, 3.8) is 0 Å². The van der Waals surface area contributed by atoms with Gasteiger partial charge in [0.15, 0.2) is 0 Å². The topological polar surface area (TPSA) is 63.4 Å². The summed E-state index contributed by atoms with van der Waals surface area (Å²) in [6, 6.07) is 6.37. The fourth-order valence-electron chi connectivity index (χ4n) is 1.79. The highest BCUT2D eigenvalue weighted by atomic mass is 32.2. The van der Waals surface area contributed by atoms with Crippen molar-refractivity contribution in [3.8, 4) is 0 Å². The van der Waals surface area contributed by atoms with E-state index >= 15 is 0 Å². The molecule has 1 heterocycles. The lowest BCUT2D eigenvalue weighted by Gasteiger charge is -2.29. The molecular weight excluding hydrogens is 256 g/mol. The number of nitrogen functional groups attached to an aromatic ring is 1. The number of nitrogens with zero attached hydrogens (tertiary/aromatic N) is 1. The molecule has 1 aliphatic rings. The van der Waals surface area contributed by atoms with Gasteiger partial charge >= 0.3 is 0 Å². The molecule has 6 heteroatoms. The van der Waals surface area contributed by atoms with Crippen molar-refractivity contribution in [1.82, 2.24) is 4.31 Å². The minimum atomic E-state index is -3.35. The number of hydrogen-bond donors (Lipinski definition) is 1. The summed E-state index contributed by atoms with van der Waals surface area (Å²) in [7, 11) is -3.35. The highest BCUT2D eigenvalue weighted by Gasteiger charge is 2.28. The van der Waals surface area contributed by atoms with Gasteiger partial charge in [0.1, 0.15) is 0 Å². The first-order chi connectivity index (χ1) is 8.00. The lowest BCUT2D eigenvalue weighted by atomic mass is 10.3. The van der Waals surface area contributed by atoms with Crippen LogP contribution in [0.4, 0.5) is 5.69 Å². The zero-order valence-corrected chi connectivity index (χ0v) is 11.3. The first-order valence-electron chi connectivity index (χ1n) is 5.47. The van der Waals surface area contributed by atoms with Gasteiger partial charge in [0.05, 0.1) is 4.90 Å². The van der Waals surface area contributed by atoms with Crippen LogP contribution in [0.5, 0.6) is 0 Å². The largest absolute Gasteiger partial charge is 0.399 e. The minimum Gasteiger partial charge on any atom is -0.399 e. The van der Waals surface area contributed by atoms with E-state index in [4.69, 9.17) is 5.73 Å². The van der Waals surface area contributed by atoms with Crippen LogP contribution in [-0.4, -0.2) is 36.8 Å². The van der Waals surface area contributed by atoms with Crippen molar-refractivity contribution in [2.45, 2.75) is 17.1 Å². The third-order valence-electron chi connectivity index (χ3n) is 2.72. The molecule has 2 N–H and O–H groups in total. The number of rotatable bonds is 2. The van der Waals surface area contributed by atoms with Gasteiger partial charge in [0.2, 0.25) is 10.0 Å². The van der Waals surface area contributed by atoms with Crippen LogP contribution in [0.3, 0.4) is 0 Å². The number of hydrogen-bond acceptors (Lipinski definition) is 4. The molecule has 94 valence electrons. The highest BCUT2D eigenvalue weighted by Crippen LogP contribution is 2.24. The van der Waals surface area contributed by atoms with Crippen LogP contribution in [0, 0.1) is 0 Å². The van der Waals surface area contributed by atoms with Gasteiger partial charge in [0, 0.05) is 29.8 Å². The van der Waals surface area contributed by atoms with Crippen LogP contribution in [-0.2, 0) is 10.0 Å². The zero-order valence-electron chi connectivity index (χ0n) is 9.67. The molecule has 0 bridgehead atoms. The van der Waals surface area contributed by atoms with E-state index in [-0.39, 0.29) is 0 Å². The highest BCUT2D eigenvalue weighted by molar-refractivity contribution is 8.00. The molecule has 0 amide bonds. The molecule has 0 spiro atoms. The summed E-state index contributed by atoms with van der Waals surface area (Å²) in [5.74, 6) is 0.857. The molecule has 1 aromatic rings. The number of sulfonamides is 1. The molecule has 0 aliphatic carbocycles. The minimum absolute atomic E-state index is 0.325. The van der Waals surface area contributed by atoms with Crippen LogP contribution >= 0.6 is 11.8 Å². The summed E-state index contributed by atoms with van der Waals surface area (Å²) >= 11 is 1.81. The predicted octanol–water partition coefficient (Wildman–Crippen LogP) is 1.39. The first kappa shape index (κ1) is 12.7. The monoisotopic (exact) mass is 272 g/mol. The SMILES string of the molecule is CC1CN(S(=O)(=O)c2ccc(N)cc2)CCS1. The van der Waals surface area contributed by atoms with Gasteiger partial charge in [0.25, 0.3) is 0 Å². The molecule has 1 saturated heterocycles. The van der Waals surface area contributed by atoms with E-state index in [0.29, 0.717) is 28.9 Å². The fourth-order valence-corrected chi connectivity index (χ4v) is 4.55. The second-order valence-corrected chi connectivity index (χ2v) is 7.60. The quantitative estimate of drug-likeness (QED) is 0.827. The Bertz CT molecular complexity index is 485. The average Bonchev–Trinajstić information content (AvgIpc) is 2.29. The summed E-state index contributed by atoms with van der Waals surface area (Å²) in [5, 5.41) is 0.354. The Labute approximate surface area is 106 Å². The van der Waals surface area contributed by atoms with Gasteiger partial charge in [-0.1, -0.05) is 6.92 Å². The van der Waals surface area contributed by atoms with Crippen LogP contribution < -0.4 is 5.73 Å². The maximum absolute atomic E-state index is 12.3. The molecular formula is C11H16N2O2S2. The Morgan fingerprint density at radius 2 is 2.00 bits per heavy atom. The Hall–Kier alpha value is -0.720. The van der Waals surface area contributed by atoms with Gasteiger partial charge in [-0.3, -0.25) is 0 Å². The van der Waals surface area contributed by atoms with Crippen molar-refractivity contribution in [2.75, 3.05) is 24.6 Å². The Morgan fingerprint density at radius 3 is 2.59 bits per heavy atom. The summed E-state index contributed by atoms with van der Waals surface area (Å²) < 4.78 is 26.2. The van der Waals surface area contributed by atoms with Crippen LogP contribution in [0.2, 0.25) is 0 Å². The van der Waals surface area contributed by atoms with Gasteiger partial charge < -0.3 is 5.73 Å². The average molecular weight is 272 g/mol. The lowest BCUT2D eigenvalue weighted by molar-refractivity contribution is 0.424. The molecule has 0 saturated carbocycles. The summed E-state index contributed by atoms with van der Waals surface area (Å²) in [6.07, 6.45) is 0. The molecule has 0 radical (unpaired) electrons. The molecule has 1 atom stereocenters. The van der Waals surface area contributed by atoms with Gasteiger partial charge in [-0.05, 0) is 24.3 Å². The van der Waals surface area contributed by atoms with E-state index in [2.05, 4.69) is 6.92 Å². The molecule has 1 unspecified atom stereocenters. The van der Waals surface area contributed by atoms with E-state index in [1.807, 2.05) is 11.8 Å². The molecule has 17 heavy (non-hydrogen) atoms. The van der Waals surface area contributed by atoms with Crippen molar-refractivity contribution >= 4 is 27.5 Å². The predicted molar refractivity (Wildman–Crippen MR) is 71.5 cm³/mol. The third kappa shape index (κ3) is 2.75. The zero-order chi connectivity index (χ0) is 12.5. The van der Waals surface area contributed by atoms with Gasteiger partial charge in [-0.15, -0.1) is 0 Å². The van der Waals surface area contributed by atoms with Crippen molar-refractivity contribution in [3.05, 3.63) is 24.3 Å². The van der Waals surface area contributed by atoms with Crippen molar-refractivity contribution < 1.29 is 8.42 Å². The fraction of sp³-hybridized carbons (Fsp3) is 0.455. The Kier molecular flexibility index (Phi) is 3.65. The second-order valence-electron chi connectivity index (χ2n) is 4.11. The van der Waals surface area contributed by atoms with Crippen molar-refractivity contribution in [1.29, 1.82) is 0 Å². The summed E-state index contributed by atoms with van der Waals surface area (Å²) in [4.78, 5) is 0.325. The van der Waals surface area contributed by atoms with Gasteiger partial charge in [-0.2, -0.15) is 16.1 Å². The summed E-state index contributed by atoms with van der Waals surface area (Å²) in [5.41, 5.74) is 6.13. The molecule has 1 fully saturated rings. The number of thioether (sulfide) groups is 1. The molecule has 0 aromatic heterocycles. The number of anilines is 1. The normalized spacial score (nSPS) is 22.5. The molecule has 1 aromatic carbocycles. The Morgan fingerprint density at radius 1 is 1.35 bits per heavy atom. The maximum atomic E-state index is 12.3. The van der Waals surface area contributed by atoms with E-state index in [1.54, 1.807) is 28.6 Å².